The number of fused-ring (bicyclic) bond motifs is 1. The molecular weight excluding hydrogens is 276 g/mol. The molecule has 0 saturated carbocycles. The third-order valence-corrected chi connectivity index (χ3v) is 4.55. The molecule has 1 N–H and O–H groups in total. The number of carbonyl (C=O) groups excluding carboxylic acids is 1. The number of nitrogens with zero attached hydrogens (tertiary/aromatic N) is 2. The van der Waals surface area contributed by atoms with Gasteiger partial charge in [-0.3, -0.25) is 9.78 Å². The SMILES string of the molecule is C#CC1=C(N2CCC(C)(O)CC2)c2cc(C)ncc2CC1=O. The van der Waals surface area contributed by atoms with Gasteiger partial charge in [0.25, 0.3) is 0 Å². The minimum absolute atomic E-state index is 0.0204. The van der Waals surface area contributed by atoms with Crippen LogP contribution in [0.25, 0.3) is 5.70 Å². The fraction of sp³-hybridized carbons (Fsp3) is 0.444. The van der Waals surface area contributed by atoms with Crippen LogP contribution in [0.15, 0.2) is 17.8 Å². The van der Waals surface area contributed by atoms with Crippen LogP contribution >= 0.6 is 0 Å². The summed E-state index contributed by atoms with van der Waals surface area (Å²) >= 11 is 0. The molecule has 0 atom stereocenters. The lowest BCUT2D eigenvalue weighted by Gasteiger charge is -2.40. The van der Waals surface area contributed by atoms with E-state index < -0.39 is 5.60 Å². The standard InChI is InChI=1S/C18H20N2O2/c1-4-14-16(21)10-13-11-19-12(2)9-15(13)17(14)20-7-5-18(3,22)6-8-20/h1,9,11,22H,5-8,10H2,2-3H3. The van der Waals surface area contributed by atoms with Gasteiger partial charge in [-0.15, -0.1) is 6.42 Å². The number of aromatic nitrogens is 1. The Labute approximate surface area is 130 Å². The van der Waals surface area contributed by atoms with Crippen molar-refractivity contribution in [3.63, 3.8) is 0 Å². The van der Waals surface area contributed by atoms with E-state index in [0.29, 0.717) is 37.9 Å². The van der Waals surface area contributed by atoms with E-state index in [9.17, 15) is 9.90 Å². The monoisotopic (exact) mass is 296 g/mol. The van der Waals surface area contributed by atoms with Gasteiger partial charge >= 0.3 is 0 Å². The second kappa shape index (κ2) is 5.26. The lowest BCUT2D eigenvalue weighted by atomic mass is 9.86. The molecule has 2 aliphatic rings. The summed E-state index contributed by atoms with van der Waals surface area (Å²) in [4.78, 5) is 18.8. The normalized spacial score (nSPS) is 20.6. The van der Waals surface area contributed by atoms with Gasteiger partial charge < -0.3 is 10.0 Å². The summed E-state index contributed by atoms with van der Waals surface area (Å²) in [5, 5.41) is 10.1. The Balaban J connectivity index is 2.08. The summed E-state index contributed by atoms with van der Waals surface area (Å²) in [5.74, 6) is 2.57. The maximum Gasteiger partial charge on any atom is 0.177 e. The number of allylic oxidation sites excluding steroid dienone is 1. The van der Waals surface area contributed by atoms with Gasteiger partial charge in [0.15, 0.2) is 5.78 Å². The largest absolute Gasteiger partial charge is 0.390 e. The molecule has 1 saturated heterocycles. The predicted octanol–water partition coefficient (Wildman–Crippen LogP) is 1.71. The molecule has 1 aliphatic carbocycles. The first-order valence-electron chi connectivity index (χ1n) is 7.58. The first-order chi connectivity index (χ1) is 10.4. The zero-order valence-corrected chi connectivity index (χ0v) is 13.0. The summed E-state index contributed by atoms with van der Waals surface area (Å²) in [6.07, 6.45) is 9.05. The number of hydrogen-bond donors (Lipinski definition) is 1. The van der Waals surface area contributed by atoms with E-state index in [2.05, 4.69) is 15.8 Å². The lowest BCUT2D eigenvalue weighted by Crippen LogP contribution is -2.42. The van der Waals surface area contributed by atoms with Crippen molar-refractivity contribution in [1.29, 1.82) is 0 Å². The van der Waals surface area contributed by atoms with Gasteiger partial charge in [0, 0.05) is 37.0 Å². The van der Waals surface area contributed by atoms with Crippen LogP contribution in [0.5, 0.6) is 0 Å². The van der Waals surface area contributed by atoms with E-state index in [-0.39, 0.29) is 5.78 Å². The van der Waals surface area contributed by atoms with Crippen molar-refractivity contribution < 1.29 is 9.90 Å². The Morgan fingerprint density at radius 1 is 1.41 bits per heavy atom. The van der Waals surface area contributed by atoms with Crippen molar-refractivity contribution in [2.24, 2.45) is 0 Å². The molecule has 1 fully saturated rings. The number of aryl methyl sites for hydroxylation is 1. The maximum absolute atomic E-state index is 12.3. The highest BCUT2D eigenvalue weighted by molar-refractivity contribution is 6.10. The molecule has 0 amide bonds. The fourth-order valence-corrected chi connectivity index (χ4v) is 3.17. The third kappa shape index (κ3) is 2.53. The highest BCUT2D eigenvalue weighted by atomic mass is 16.3. The van der Waals surface area contributed by atoms with E-state index in [1.165, 1.54) is 0 Å². The van der Waals surface area contributed by atoms with Crippen molar-refractivity contribution in [1.82, 2.24) is 9.88 Å². The number of terminal acetylenes is 1. The minimum atomic E-state index is -0.636. The molecule has 0 radical (unpaired) electrons. The lowest BCUT2D eigenvalue weighted by molar-refractivity contribution is -0.114. The highest BCUT2D eigenvalue weighted by Crippen LogP contribution is 2.35. The van der Waals surface area contributed by atoms with Crippen molar-refractivity contribution in [3.05, 3.63) is 34.7 Å². The molecule has 4 heteroatoms. The number of Topliss-reactive ketones (excluding diaryl/α,β-unsaturated/α-hetero) is 1. The highest BCUT2D eigenvalue weighted by Gasteiger charge is 2.33. The van der Waals surface area contributed by atoms with Crippen LogP contribution in [0.3, 0.4) is 0 Å². The molecule has 1 aliphatic heterocycles. The van der Waals surface area contributed by atoms with Crippen LogP contribution in [-0.4, -0.2) is 39.5 Å². The van der Waals surface area contributed by atoms with Gasteiger partial charge in [-0.2, -0.15) is 0 Å². The van der Waals surface area contributed by atoms with Crippen LogP contribution in [0.1, 0.15) is 36.6 Å². The Kier molecular flexibility index (Phi) is 3.54. The number of hydrogen-bond acceptors (Lipinski definition) is 4. The van der Waals surface area contributed by atoms with Gasteiger partial charge in [-0.05, 0) is 38.3 Å². The summed E-state index contributed by atoms with van der Waals surface area (Å²) in [6, 6.07) is 2.00. The smallest absolute Gasteiger partial charge is 0.177 e. The van der Waals surface area contributed by atoms with E-state index in [1.807, 2.05) is 19.9 Å². The number of piperidine rings is 1. The number of carbonyl (C=O) groups is 1. The second-order valence-corrected chi connectivity index (χ2v) is 6.43. The van der Waals surface area contributed by atoms with Crippen LogP contribution < -0.4 is 0 Å². The molecule has 114 valence electrons. The maximum atomic E-state index is 12.3. The average Bonchev–Trinajstić information content (AvgIpc) is 2.47. The van der Waals surface area contributed by atoms with Crippen LogP contribution in [0.4, 0.5) is 0 Å². The molecule has 0 bridgehead atoms. The van der Waals surface area contributed by atoms with Crippen molar-refractivity contribution in [2.45, 2.75) is 38.7 Å². The topological polar surface area (TPSA) is 53.4 Å². The summed E-state index contributed by atoms with van der Waals surface area (Å²) < 4.78 is 0. The van der Waals surface area contributed by atoms with Gasteiger partial charge in [-0.25, -0.2) is 0 Å². The zero-order valence-electron chi connectivity index (χ0n) is 13.0. The number of pyridine rings is 1. The fourth-order valence-electron chi connectivity index (χ4n) is 3.17. The van der Waals surface area contributed by atoms with Crippen molar-refractivity contribution >= 4 is 11.5 Å². The summed E-state index contributed by atoms with van der Waals surface area (Å²) in [6.45, 7) is 5.18. The molecule has 2 heterocycles. The molecule has 0 unspecified atom stereocenters. The Hall–Kier alpha value is -2.12. The third-order valence-electron chi connectivity index (χ3n) is 4.55. The van der Waals surface area contributed by atoms with E-state index >= 15 is 0 Å². The first-order valence-corrected chi connectivity index (χ1v) is 7.58. The predicted molar refractivity (Wildman–Crippen MR) is 84.9 cm³/mol. The molecule has 3 rings (SSSR count). The molecule has 0 aromatic carbocycles. The number of ketones is 1. The van der Waals surface area contributed by atoms with E-state index in [1.54, 1.807) is 6.20 Å². The van der Waals surface area contributed by atoms with Gasteiger partial charge in [0.05, 0.1) is 16.9 Å². The molecule has 22 heavy (non-hydrogen) atoms. The Bertz CT molecular complexity index is 700. The number of rotatable bonds is 1. The zero-order chi connectivity index (χ0) is 15.9. The Morgan fingerprint density at radius 2 is 2.09 bits per heavy atom. The Morgan fingerprint density at radius 3 is 2.73 bits per heavy atom. The summed E-state index contributed by atoms with van der Waals surface area (Å²) in [5.41, 5.74) is 3.52. The summed E-state index contributed by atoms with van der Waals surface area (Å²) in [7, 11) is 0. The van der Waals surface area contributed by atoms with Crippen LogP contribution in [0, 0.1) is 19.3 Å². The van der Waals surface area contributed by atoms with E-state index in [4.69, 9.17) is 6.42 Å². The van der Waals surface area contributed by atoms with E-state index in [0.717, 1.165) is 22.5 Å². The van der Waals surface area contributed by atoms with Crippen molar-refractivity contribution in [3.8, 4) is 12.3 Å². The molecule has 0 spiro atoms. The average molecular weight is 296 g/mol. The molecule has 4 nitrogen and oxygen atoms in total. The number of likely N-dealkylation sites (tertiary alicyclic amines) is 1. The quantitative estimate of drug-likeness (QED) is 0.802. The van der Waals surface area contributed by atoms with Crippen LogP contribution in [0.2, 0.25) is 0 Å². The molecular formula is C18H20N2O2. The van der Waals surface area contributed by atoms with Crippen molar-refractivity contribution in [2.75, 3.05) is 13.1 Å². The second-order valence-electron chi connectivity index (χ2n) is 6.43. The molecule has 1 aromatic rings. The number of aliphatic hydroxyl groups is 1. The van der Waals surface area contributed by atoms with Gasteiger partial charge in [-0.1, -0.05) is 5.92 Å². The van der Waals surface area contributed by atoms with Gasteiger partial charge in [0.1, 0.15) is 0 Å². The molecule has 1 aromatic heterocycles. The van der Waals surface area contributed by atoms with Gasteiger partial charge in [0.2, 0.25) is 0 Å². The minimum Gasteiger partial charge on any atom is -0.390 e. The van der Waals surface area contributed by atoms with Crippen LogP contribution in [-0.2, 0) is 11.2 Å². The first kappa shape index (κ1) is 14.8.